The molecule has 0 aromatic heterocycles. The summed E-state index contributed by atoms with van der Waals surface area (Å²) in [5.41, 5.74) is 1.58. The molecule has 3 aromatic carbocycles. The first-order chi connectivity index (χ1) is 13.5. The minimum Gasteiger partial charge on any atom is -0.368 e. The van der Waals surface area contributed by atoms with E-state index in [1.54, 1.807) is 12.1 Å². The zero-order chi connectivity index (χ0) is 19.7. The van der Waals surface area contributed by atoms with Crippen molar-refractivity contribution in [1.29, 1.82) is 0 Å². The van der Waals surface area contributed by atoms with E-state index in [0.717, 1.165) is 42.6 Å². The van der Waals surface area contributed by atoms with Crippen LogP contribution in [0.1, 0.15) is 0 Å². The fraction of sp³-hybridized carbons (Fsp3) is 0.200. The topological polar surface area (TPSA) is 61.4 Å². The van der Waals surface area contributed by atoms with Gasteiger partial charge < -0.3 is 10.2 Å². The smallest absolute Gasteiger partial charge is 0.264 e. The van der Waals surface area contributed by atoms with Gasteiger partial charge in [-0.3, -0.25) is 4.72 Å². The van der Waals surface area contributed by atoms with Crippen LogP contribution in [0.3, 0.4) is 0 Å². The fourth-order valence-corrected chi connectivity index (χ4v) is 5.71. The predicted molar refractivity (Wildman–Crippen MR) is 116 cm³/mol. The maximum absolute atomic E-state index is 13.0. The Morgan fingerprint density at radius 3 is 2.18 bits per heavy atom. The van der Waals surface area contributed by atoms with Crippen LogP contribution in [0, 0.1) is 0 Å². The number of hydrogen-bond donors (Lipinski definition) is 2. The molecule has 28 heavy (non-hydrogen) atoms. The van der Waals surface area contributed by atoms with Crippen molar-refractivity contribution in [2.45, 2.75) is 4.90 Å². The first-order valence-electron chi connectivity index (χ1n) is 8.91. The molecule has 1 fully saturated rings. The largest absolute Gasteiger partial charge is 0.368 e. The lowest BCUT2D eigenvalue weighted by Gasteiger charge is -2.30. The molecule has 0 atom stereocenters. The Bertz CT molecular complexity index is 1110. The SMILES string of the molecule is O=S(=O)(Nc1ccc(N2CCNCC2)c2ccccc12)c1c(Cl)cccc1Cl. The van der Waals surface area contributed by atoms with Crippen LogP contribution in [0.5, 0.6) is 0 Å². The number of sulfonamides is 1. The van der Waals surface area contributed by atoms with Gasteiger partial charge in [-0.2, -0.15) is 0 Å². The van der Waals surface area contributed by atoms with Gasteiger partial charge in [0.2, 0.25) is 0 Å². The van der Waals surface area contributed by atoms with Gasteiger partial charge in [0, 0.05) is 42.6 Å². The van der Waals surface area contributed by atoms with E-state index in [4.69, 9.17) is 23.2 Å². The Hall–Kier alpha value is -1.99. The van der Waals surface area contributed by atoms with Crippen molar-refractivity contribution in [2.24, 2.45) is 0 Å². The maximum Gasteiger partial charge on any atom is 0.264 e. The molecule has 0 aliphatic carbocycles. The van der Waals surface area contributed by atoms with Crippen LogP contribution in [-0.2, 0) is 10.0 Å². The van der Waals surface area contributed by atoms with E-state index >= 15 is 0 Å². The van der Waals surface area contributed by atoms with Crippen molar-refractivity contribution < 1.29 is 8.42 Å². The number of halogens is 2. The summed E-state index contributed by atoms with van der Waals surface area (Å²) < 4.78 is 28.6. The molecular formula is C20H19Cl2N3O2S. The van der Waals surface area contributed by atoms with Crippen molar-refractivity contribution in [3.63, 3.8) is 0 Å². The van der Waals surface area contributed by atoms with Crippen LogP contribution in [0.4, 0.5) is 11.4 Å². The summed E-state index contributed by atoms with van der Waals surface area (Å²) in [7, 11) is -3.94. The van der Waals surface area contributed by atoms with Crippen LogP contribution in [0.2, 0.25) is 10.0 Å². The number of benzene rings is 3. The molecule has 0 spiro atoms. The van der Waals surface area contributed by atoms with E-state index in [1.165, 1.54) is 12.1 Å². The Kier molecular flexibility index (Phi) is 5.38. The first kappa shape index (κ1) is 19.3. The molecule has 0 amide bonds. The monoisotopic (exact) mass is 435 g/mol. The highest BCUT2D eigenvalue weighted by Crippen LogP contribution is 2.35. The Balaban J connectivity index is 1.78. The molecule has 1 aliphatic rings. The highest BCUT2D eigenvalue weighted by Gasteiger charge is 2.23. The van der Waals surface area contributed by atoms with E-state index in [9.17, 15) is 8.42 Å². The van der Waals surface area contributed by atoms with E-state index < -0.39 is 10.0 Å². The summed E-state index contributed by atoms with van der Waals surface area (Å²) in [5, 5.41) is 5.33. The summed E-state index contributed by atoms with van der Waals surface area (Å²) in [5.74, 6) is 0. The van der Waals surface area contributed by atoms with Crippen LogP contribution >= 0.6 is 23.2 Å². The molecule has 0 unspecified atom stereocenters. The van der Waals surface area contributed by atoms with Gasteiger partial charge in [0.25, 0.3) is 10.0 Å². The second kappa shape index (κ2) is 7.79. The van der Waals surface area contributed by atoms with Crippen LogP contribution in [0.25, 0.3) is 10.8 Å². The van der Waals surface area contributed by atoms with Gasteiger partial charge in [0.15, 0.2) is 0 Å². The Labute approximate surface area is 174 Å². The van der Waals surface area contributed by atoms with Gasteiger partial charge >= 0.3 is 0 Å². The second-order valence-corrected chi connectivity index (χ2v) is 9.00. The molecule has 0 bridgehead atoms. The Morgan fingerprint density at radius 1 is 0.857 bits per heavy atom. The molecule has 3 aromatic rings. The number of nitrogens with one attached hydrogen (secondary N) is 2. The first-order valence-corrected chi connectivity index (χ1v) is 11.2. The highest BCUT2D eigenvalue weighted by molar-refractivity contribution is 7.93. The molecule has 5 nitrogen and oxygen atoms in total. The normalized spacial score (nSPS) is 15.0. The van der Waals surface area contributed by atoms with Crippen molar-refractivity contribution in [1.82, 2.24) is 5.32 Å². The average molecular weight is 436 g/mol. The van der Waals surface area contributed by atoms with Gasteiger partial charge in [0.1, 0.15) is 4.90 Å². The highest BCUT2D eigenvalue weighted by atomic mass is 35.5. The van der Waals surface area contributed by atoms with Crippen LogP contribution in [0.15, 0.2) is 59.5 Å². The number of fused-ring (bicyclic) bond motifs is 1. The van der Waals surface area contributed by atoms with Gasteiger partial charge in [-0.25, -0.2) is 8.42 Å². The van der Waals surface area contributed by atoms with E-state index in [2.05, 4.69) is 14.9 Å². The molecule has 4 rings (SSSR count). The molecule has 146 valence electrons. The van der Waals surface area contributed by atoms with Crippen LogP contribution in [-0.4, -0.2) is 34.6 Å². The lowest BCUT2D eigenvalue weighted by atomic mass is 10.1. The number of nitrogens with zero attached hydrogens (tertiary/aromatic N) is 1. The molecule has 0 radical (unpaired) electrons. The van der Waals surface area contributed by atoms with Gasteiger partial charge in [-0.05, 0) is 24.3 Å². The summed E-state index contributed by atoms with van der Waals surface area (Å²) in [6.45, 7) is 3.66. The van der Waals surface area contributed by atoms with Gasteiger partial charge in [-0.1, -0.05) is 53.5 Å². The molecule has 8 heteroatoms. The average Bonchev–Trinajstić information content (AvgIpc) is 2.68. The van der Waals surface area contributed by atoms with Crippen molar-refractivity contribution in [2.75, 3.05) is 35.8 Å². The van der Waals surface area contributed by atoms with E-state index in [-0.39, 0.29) is 14.9 Å². The third-order valence-electron chi connectivity index (χ3n) is 4.79. The summed E-state index contributed by atoms with van der Waals surface area (Å²) in [4.78, 5) is 2.19. The van der Waals surface area contributed by atoms with Gasteiger partial charge in [0.05, 0.1) is 15.7 Å². The lowest BCUT2D eigenvalue weighted by molar-refractivity contribution is 0.590. The summed E-state index contributed by atoms with van der Waals surface area (Å²) in [6, 6.07) is 16.1. The van der Waals surface area contributed by atoms with Crippen molar-refractivity contribution >= 4 is 55.4 Å². The molecule has 1 aliphatic heterocycles. The van der Waals surface area contributed by atoms with Crippen molar-refractivity contribution in [3.05, 3.63) is 64.6 Å². The van der Waals surface area contributed by atoms with Gasteiger partial charge in [-0.15, -0.1) is 0 Å². The minimum atomic E-state index is -3.94. The zero-order valence-electron chi connectivity index (χ0n) is 15.0. The predicted octanol–water partition coefficient (Wildman–Crippen LogP) is 4.36. The number of rotatable bonds is 4. The van der Waals surface area contributed by atoms with Crippen molar-refractivity contribution in [3.8, 4) is 0 Å². The third-order valence-corrected chi connectivity index (χ3v) is 7.11. The molecular weight excluding hydrogens is 417 g/mol. The quantitative estimate of drug-likeness (QED) is 0.638. The maximum atomic E-state index is 13.0. The Morgan fingerprint density at radius 2 is 1.50 bits per heavy atom. The zero-order valence-corrected chi connectivity index (χ0v) is 17.3. The summed E-state index contributed by atoms with van der Waals surface area (Å²) in [6.07, 6.45) is 0. The third kappa shape index (κ3) is 3.65. The fourth-order valence-electron chi connectivity index (χ4n) is 3.49. The number of anilines is 2. The lowest BCUT2D eigenvalue weighted by Crippen LogP contribution is -2.43. The number of hydrogen-bond acceptors (Lipinski definition) is 4. The van der Waals surface area contributed by atoms with E-state index in [1.807, 2.05) is 30.3 Å². The molecule has 2 N–H and O–H groups in total. The van der Waals surface area contributed by atoms with Crippen LogP contribution < -0.4 is 14.9 Å². The minimum absolute atomic E-state index is 0.0849. The summed E-state index contributed by atoms with van der Waals surface area (Å²) >= 11 is 12.2. The standard InChI is InChI=1S/C20H19Cl2N3O2S/c21-16-6-3-7-17(22)20(16)28(26,27)24-18-8-9-19(25-12-10-23-11-13-25)15-5-2-1-4-14(15)18/h1-9,23-24H,10-13H2. The molecule has 1 heterocycles. The second-order valence-electron chi connectivity index (χ2n) is 6.57. The van der Waals surface area contributed by atoms with E-state index in [0.29, 0.717) is 5.69 Å². The molecule has 1 saturated heterocycles. The number of piperazine rings is 1. The molecule has 0 saturated carbocycles.